The molecule has 0 bridgehead atoms. The van der Waals surface area contributed by atoms with Gasteiger partial charge in [0.15, 0.2) is 5.82 Å². The Bertz CT molecular complexity index is 543. The molecule has 0 atom stereocenters. The highest BCUT2D eigenvalue weighted by atomic mass is 35.5. The second kappa shape index (κ2) is 6.49. The number of hydrogen-bond acceptors (Lipinski definition) is 5. The van der Waals surface area contributed by atoms with Gasteiger partial charge in [0.1, 0.15) is 0 Å². The first-order valence-corrected chi connectivity index (χ1v) is 6.49. The molecule has 1 heterocycles. The maximum absolute atomic E-state index is 5.94. The Morgan fingerprint density at radius 2 is 2.26 bits per heavy atom. The predicted octanol–water partition coefficient (Wildman–Crippen LogP) is 2.00. The number of benzene rings is 1. The Balaban J connectivity index is 2.14. The van der Waals surface area contributed by atoms with Crippen molar-refractivity contribution in [1.29, 1.82) is 0 Å². The lowest BCUT2D eigenvalue weighted by Gasteiger charge is -2.07. The van der Waals surface area contributed by atoms with E-state index in [4.69, 9.17) is 22.1 Å². The van der Waals surface area contributed by atoms with E-state index in [1.807, 2.05) is 13.0 Å². The molecule has 0 saturated carbocycles. The van der Waals surface area contributed by atoms with Gasteiger partial charge in [-0.25, -0.2) is 4.68 Å². The number of halogens is 1. The minimum atomic E-state index is 0.563. The van der Waals surface area contributed by atoms with Gasteiger partial charge in [-0.05, 0) is 42.0 Å². The molecular weight excluding hydrogens is 266 g/mol. The van der Waals surface area contributed by atoms with Crippen molar-refractivity contribution >= 4 is 17.3 Å². The number of tetrazole rings is 1. The standard InChI is InChI=1S/C12H16ClN5O/c1-2-19-7-3-6-18-12(15-16-17-18)10-5-4-9(13)8-11(10)14/h4-5,8H,2-3,6-7,14H2,1H3. The first-order chi connectivity index (χ1) is 9.22. The van der Waals surface area contributed by atoms with Gasteiger partial charge >= 0.3 is 0 Å². The van der Waals surface area contributed by atoms with E-state index in [2.05, 4.69) is 15.5 Å². The van der Waals surface area contributed by atoms with Gasteiger partial charge in [0.05, 0.1) is 0 Å². The van der Waals surface area contributed by atoms with Crippen LogP contribution in [0.3, 0.4) is 0 Å². The van der Waals surface area contributed by atoms with Crippen LogP contribution in [-0.2, 0) is 11.3 Å². The van der Waals surface area contributed by atoms with Gasteiger partial charge in [-0.1, -0.05) is 11.6 Å². The Morgan fingerprint density at radius 3 is 3.00 bits per heavy atom. The molecule has 0 spiro atoms. The van der Waals surface area contributed by atoms with Crippen molar-refractivity contribution in [1.82, 2.24) is 20.2 Å². The van der Waals surface area contributed by atoms with Gasteiger partial charge in [0.2, 0.25) is 0 Å². The summed E-state index contributed by atoms with van der Waals surface area (Å²) < 4.78 is 7.01. The van der Waals surface area contributed by atoms with E-state index in [-0.39, 0.29) is 0 Å². The third kappa shape index (κ3) is 3.42. The van der Waals surface area contributed by atoms with Crippen LogP contribution in [0.5, 0.6) is 0 Å². The molecule has 2 N–H and O–H groups in total. The van der Waals surface area contributed by atoms with Gasteiger partial charge in [-0.15, -0.1) is 5.10 Å². The van der Waals surface area contributed by atoms with E-state index in [0.29, 0.717) is 36.3 Å². The van der Waals surface area contributed by atoms with Crippen LogP contribution >= 0.6 is 11.6 Å². The van der Waals surface area contributed by atoms with E-state index in [1.165, 1.54) is 0 Å². The van der Waals surface area contributed by atoms with Crippen molar-refractivity contribution < 1.29 is 4.74 Å². The fourth-order valence-electron chi connectivity index (χ4n) is 1.75. The third-order valence-corrected chi connectivity index (χ3v) is 2.88. The minimum Gasteiger partial charge on any atom is -0.398 e. The Labute approximate surface area is 116 Å². The monoisotopic (exact) mass is 281 g/mol. The Kier molecular flexibility index (Phi) is 4.70. The summed E-state index contributed by atoms with van der Waals surface area (Å²) in [5.74, 6) is 0.644. The number of aromatic nitrogens is 4. The highest BCUT2D eigenvalue weighted by Crippen LogP contribution is 2.26. The normalized spacial score (nSPS) is 10.8. The first kappa shape index (κ1) is 13.8. The summed E-state index contributed by atoms with van der Waals surface area (Å²) in [7, 11) is 0. The second-order valence-corrected chi connectivity index (χ2v) is 4.44. The summed E-state index contributed by atoms with van der Waals surface area (Å²) in [5, 5.41) is 12.3. The maximum atomic E-state index is 5.94. The van der Waals surface area contributed by atoms with Gasteiger partial charge in [-0.2, -0.15) is 0 Å². The molecule has 2 aromatic rings. The van der Waals surface area contributed by atoms with Crippen LogP contribution in [0.15, 0.2) is 18.2 Å². The molecule has 0 unspecified atom stereocenters. The lowest BCUT2D eigenvalue weighted by Crippen LogP contribution is -2.07. The summed E-state index contributed by atoms with van der Waals surface area (Å²) in [6.45, 7) is 4.06. The second-order valence-electron chi connectivity index (χ2n) is 4.01. The summed E-state index contributed by atoms with van der Waals surface area (Å²) in [4.78, 5) is 0. The summed E-state index contributed by atoms with van der Waals surface area (Å²) in [6.07, 6.45) is 0.847. The molecule has 6 nitrogen and oxygen atoms in total. The fraction of sp³-hybridized carbons (Fsp3) is 0.417. The zero-order valence-electron chi connectivity index (χ0n) is 10.7. The molecular formula is C12H16ClN5O. The molecule has 7 heteroatoms. The van der Waals surface area contributed by atoms with Crippen molar-refractivity contribution in [2.24, 2.45) is 0 Å². The van der Waals surface area contributed by atoms with E-state index in [0.717, 1.165) is 12.0 Å². The minimum absolute atomic E-state index is 0.563. The lowest BCUT2D eigenvalue weighted by atomic mass is 10.1. The molecule has 102 valence electrons. The molecule has 1 aromatic carbocycles. The number of aryl methyl sites for hydroxylation is 1. The SMILES string of the molecule is CCOCCCn1nnnc1-c1ccc(Cl)cc1N. The zero-order chi connectivity index (χ0) is 13.7. The Morgan fingerprint density at radius 1 is 1.42 bits per heavy atom. The van der Waals surface area contributed by atoms with Crippen LogP contribution in [-0.4, -0.2) is 33.4 Å². The molecule has 0 saturated heterocycles. The quantitative estimate of drug-likeness (QED) is 0.647. The van der Waals surface area contributed by atoms with Crippen LogP contribution < -0.4 is 5.73 Å². The average molecular weight is 282 g/mol. The number of nitrogen functional groups attached to an aromatic ring is 1. The molecule has 2 rings (SSSR count). The van der Waals surface area contributed by atoms with Crippen molar-refractivity contribution in [3.8, 4) is 11.4 Å². The summed E-state index contributed by atoms with van der Waals surface area (Å²) >= 11 is 5.88. The van der Waals surface area contributed by atoms with Crippen molar-refractivity contribution in [3.63, 3.8) is 0 Å². The fourth-order valence-corrected chi connectivity index (χ4v) is 1.93. The smallest absolute Gasteiger partial charge is 0.184 e. The van der Waals surface area contributed by atoms with Gasteiger partial charge in [-0.3, -0.25) is 0 Å². The molecule has 0 aliphatic heterocycles. The first-order valence-electron chi connectivity index (χ1n) is 6.11. The van der Waals surface area contributed by atoms with E-state index in [9.17, 15) is 0 Å². The lowest BCUT2D eigenvalue weighted by molar-refractivity contribution is 0.141. The van der Waals surface area contributed by atoms with Crippen LogP contribution in [0.2, 0.25) is 5.02 Å². The molecule has 19 heavy (non-hydrogen) atoms. The maximum Gasteiger partial charge on any atom is 0.184 e. The number of ether oxygens (including phenoxy) is 1. The topological polar surface area (TPSA) is 78.8 Å². The third-order valence-electron chi connectivity index (χ3n) is 2.65. The van der Waals surface area contributed by atoms with Crippen LogP contribution in [0, 0.1) is 0 Å². The molecule has 0 radical (unpaired) electrons. The van der Waals surface area contributed by atoms with Crippen molar-refractivity contribution in [3.05, 3.63) is 23.2 Å². The Hall–Kier alpha value is -1.66. The van der Waals surface area contributed by atoms with Crippen molar-refractivity contribution in [2.75, 3.05) is 18.9 Å². The molecule has 0 aliphatic rings. The zero-order valence-corrected chi connectivity index (χ0v) is 11.5. The van der Waals surface area contributed by atoms with Gasteiger partial charge < -0.3 is 10.5 Å². The van der Waals surface area contributed by atoms with Crippen LogP contribution in [0.1, 0.15) is 13.3 Å². The number of hydrogen-bond donors (Lipinski definition) is 1. The number of nitrogens with zero attached hydrogens (tertiary/aromatic N) is 4. The number of nitrogens with two attached hydrogens (primary N) is 1. The predicted molar refractivity (Wildman–Crippen MR) is 73.8 cm³/mol. The van der Waals surface area contributed by atoms with E-state index < -0.39 is 0 Å². The molecule has 1 aromatic heterocycles. The average Bonchev–Trinajstić information content (AvgIpc) is 2.83. The highest BCUT2D eigenvalue weighted by molar-refractivity contribution is 6.31. The summed E-state index contributed by atoms with van der Waals surface area (Å²) in [5.41, 5.74) is 7.29. The largest absolute Gasteiger partial charge is 0.398 e. The molecule has 0 aliphatic carbocycles. The van der Waals surface area contributed by atoms with Gasteiger partial charge in [0, 0.05) is 36.0 Å². The molecule has 0 amide bonds. The van der Waals surface area contributed by atoms with Crippen LogP contribution in [0.4, 0.5) is 5.69 Å². The van der Waals surface area contributed by atoms with Crippen LogP contribution in [0.25, 0.3) is 11.4 Å². The number of anilines is 1. The van der Waals surface area contributed by atoms with Gasteiger partial charge in [0.25, 0.3) is 0 Å². The number of rotatable bonds is 6. The summed E-state index contributed by atoms with van der Waals surface area (Å²) in [6, 6.07) is 5.28. The molecule has 0 fully saturated rings. The highest BCUT2D eigenvalue weighted by Gasteiger charge is 2.11. The van der Waals surface area contributed by atoms with E-state index >= 15 is 0 Å². The van der Waals surface area contributed by atoms with Crippen molar-refractivity contribution in [2.45, 2.75) is 19.9 Å². The van der Waals surface area contributed by atoms with E-state index in [1.54, 1.807) is 16.8 Å².